The van der Waals surface area contributed by atoms with E-state index in [9.17, 15) is 4.79 Å². The van der Waals surface area contributed by atoms with E-state index in [2.05, 4.69) is 20.8 Å². The van der Waals surface area contributed by atoms with Crippen LogP contribution in [0.3, 0.4) is 0 Å². The first kappa shape index (κ1) is 22.2. The van der Waals surface area contributed by atoms with Crippen LogP contribution in [0.5, 0.6) is 5.75 Å². The molecule has 0 aliphatic heterocycles. The summed E-state index contributed by atoms with van der Waals surface area (Å²) >= 11 is 2.76. The monoisotopic (exact) mass is 490 g/mol. The minimum Gasteiger partial charge on any atom is -0.495 e. The van der Waals surface area contributed by atoms with Crippen LogP contribution in [0.2, 0.25) is 0 Å². The molecule has 1 atom stereocenters. The molecule has 0 fully saturated rings. The largest absolute Gasteiger partial charge is 0.495 e. The molecule has 0 aliphatic rings. The highest BCUT2D eigenvalue weighted by molar-refractivity contribution is 8.02. The highest BCUT2D eigenvalue weighted by Crippen LogP contribution is 2.37. The Balaban J connectivity index is 1.29. The van der Waals surface area contributed by atoms with Crippen molar-refractivity contribution < 1.29 is 13.9 Å². The summed E-state index contributed by atoms with van der Waals surface area (Å²) in [7, 11) is 1.58. The number of hydrogen-bond acceptors (Lipinski definition) is 8. The number of methoxy groups -OCH3 is 1. The second kappa shape index (κ2) is 9.36. The summed E-state index contributed by atoms with van der Waals surface area (Å²) in [4.78, 5) is 12.9. The van der Waals surface area contributed by atoms with Crippen molar-refractivity contribution in [3.8, 4) is 5.75 Å². The number of nitrogens with zero attached hydrogens (tertiary/aromatic N) is 2. The number of para-hydroxylation sites is 1. The topological polar surface area (TPSA) is 89.3 Å². The number of carbonyl (C=O) groups is 1. The number of anilines is 3. The molecule has 0 spiro atoms. The molecule has 0 radical (unpaired) electrons. The third-order valence-corrected chi connectivity index (χ3v) is 7.34. The average molecular weight is 491 g/mol. The first-order chi connectivity index (χ1) is 16.5. The molecular formula is C25H22N4O3S2. The van der Waals surface area contributed by atoms with E-state index < -0.39 is 5.25 Å². The summed E-state index contributed by atoms with van der Waals surface area (Å²) in [6.45, 7) is 3.88. The van der Waals surface area contributed by atoms with E-state index >= 15 is 0 Å². The Kier molecular flexibility index (Phi) is 6.12. The number of ether oxygens (including phenoxy) is 1. The van der Waals surface area contributed by atoms with Crippen molar-refractivity contribution >= 4 is 67.5 Å². The average Bonchev–Trinajstić information content (AvgIpc) is 3.43. The molecule has 3 aromatic carbocycles. The molecule has 9 heteroatoms. The van der Waals surface area contributed by atoms with Crippen LogP contribution in [0.1, 0.15) is 12.5 Å². The van der Waals surface area contributed by atoms with Gasteiger partial charge in [0, 0.05) is 22.5 Å². The van der Waals surface area contributed by atoms with Gasteiger partial charge in [-0.25, -0.2) is 0 Å². The fraction of sp³-hybridized carbons (Fsp3) is 0.160. The van der Waals surface area contributed by atoms with Gasteiger partial charge in [-0.15, -0.1) is 10.2 Å². The van der Waals surface area contributed by atoms with Crippen molar-refractivity contribution in [2.45, 2.75) is 23.4 Å². The van der Waals surface area contributed by atoms with Crippen LogP contribution in [0, 0.1) is 6.92 Å². The Morgan fingerprint density at radius 1 is 1.06 bits per heavy atom. The molecule has 0 aliphatic carbocycles. The van der Waals surface area contributed by atoms with Gasteiger partial charge in [0.25, 0.3) is 0 Å². The fourth-order valence-electron chi connectivity index (χ4n) is 3.53. The zero-order valence-corrected chi connectivity index (χ0v) is 20.4. The Bertz CT molecular complexity index is 1480. The molecule has 5 aromatic rings. The number of fused-ring (bicyclic) bond motifs is 3. The number of amides is 1. The van der Waals surface area contributed by atoms with E-state index in [0.29, 0.717) is 26.5 Å². The first-order valence-corrected chi connectivity index (χ1v) is 12.3. The molecule has 34 heavy (non-hydrogen) atoms. The summed E-state index contributed by atoms with van der Waals surface area (Å²) in [5, 5.41) is 16.8. The number of nitrogens with one attached hydrogen (secondary N) is 2. The van der Waals surface area contributed by atoms with Gasteiger partial charge in [0.05, 0.1) is 18.0 Å². The van der Waals surface area contributed by atoms with Crippen molar-refractivity contribution in [2.75, 3.05) is 17.7 Å². The third-order valence-electron chi connectivity index (χ3n) is 5.31. The number of furan rings is 1. The minimum absolute atomic E-state index is 0.165. The lowest BCUT2D eigenvalue weighted by Gasteiger charge is -2.13. The van der Waals surface area contributed by atoms with Crippen LogP contribution >= 0.6 is 23.1 Å². The van der Waals surface area contributed by atoms with Gasteiger partial charge in [-0.2, -0.15) is 0 Å². The molecule has 0 saturated heterocycles. The van der Waals surface area contributed by atoms with Gasteiger partial charge >= 0.3 is 0 Å². The second-order valence-corrected chi connectivity index (χ2v) is 10.3. The van der Waals surface area contributed by atoms with Crippen LogP contribution in [0.4, 0.5) is 16.5 Å². The molecule has 1 amide bonds. The van der Waals surface area contributed by atoms with Crippen LogP contribution in [-0.4, -0.2) is 28.5 Å². The highest BCUT2D eigenvalue weighted by Gasteiger charge is 2.20. The molecule has 2 aromatic heterocycles. The van der Waals surface area contributed by atoms with Crippen molar-refractivity contribution in [1.82, 2.24) is 10.2 Å². The Hall–Kier alpha value is -3.56. The molecule has 172 valence electrons. The molecular weight excluding hydrogens is 468 g/mol. The first-order valence-electron chi connectivity index (χ1n) is 10.6. The van der Waals surface area contributed by atoms with Gasteiger partial charge < -0.3 is 19.8 Å². The van der Waals surface area contributed by atoms with Crippen molar-refractivity contribution in [1.29, 1.82) is 0 Å². The van der Waals surface area contributed by atoms with Crippen LogP contribution in [0.15, 0.2) is 69.4 Å². The number of benzene rings is 3. The van der Waals surface area contributed by atoms with Gasteiger partial charge in [-0.05, 0) is 38.1 Å². The lowest BCUT2D eigenvalue weighted by molar-refractivity contribution is -0.115. The van der Waals surface area contributed by atoms with Crippen molar-refractivity contribution in [3.05, 3.63) is 66.2 Å². The fourth-order valence-corrected chi connectivity index (χ4v) is 5.44. The molecule has 5 rings (SSSR count). The summed E-state index contributed by atoms with van der Waals surface area (Å²) in [5.74, 6) is 0.409. The number of thioether (sulfide) groups is 1. The molecule has 1 unspecified atom stereocenters. The van der Waals surface area contributed by atoms with Gasteiger partial charge in [0.15, 0.2) is 4.34 Å². The SMILES string of the molecule is COc1cc2c(cc1NC(=O)C(C)Sc1nnc(Nc3ccc(C)cc3)s1)oc1ccccc12. The third kappa shape index (κ3) is 4.57. The van der Waals surface area contributed by atoms with E-state index in [4.69, 9.17) is 9.15 Å². The number of aryl methyl sites for hydroxylation is 1. The molecule has 0 bridgehead atoms. The number of aromatic nitrogens is 2. The maximum absolute atomic E-state index is 12.9. The Labute approximate surface area is 204 Å². The summed E-state index contributed by atoms with van der Waals surface area (Å²) in [6.07, 6.45) is 0. The number of hydrogen-bond donors (Lipinski definition) is 2. The quantitative estimate of drug-likeness (QED) is 0.248. The van der Waals surface area contributed by atoms with E-state index in [1.165, 1.54) is 28.7 Å². The Morgan fingerprint density at radius 2 is 1.85 bits per heavy atom. The molecule has 2 N–H and O–H groups in total. The van der Waals surface area contributed by atoms with Crippen molar-refractivity contribution in [3.63, 3.8) is 0 Å². The number of carbonyl (C=O) groups excluding carboxylic acids is 1. The van der Waals surface area contributed by atoms with Gasteiger partial charge in [-0.1, -0.05) is 59.0 Å². The maximum Gasteiger partial charge on any atom is 0.237 e. The molecule has 0 saturated carbocycles. The highest BCUT2D eigenvalue weighted by atomic mass is 32.2. The smallest absolute Gasteiger partial charge is 0.237 e. The molecule has 2 heterocycles. The molecule has 7 nitrogen and oxygen atoms in total. The standard InChI is InChI=1S/C25H22N4O3S2/c1-14-8-10-16(11-9-14)26-24-28-29-25(34-24)33-15(2)23(30)27-19-13-21-18(12-22(19)31-3)17-6-4-5-7-20(17)32-21/h4-13,15H,1-3H3,(H,26,28)(H,27,30). The van der Waals surface area contributed by atoms with Crippen LogP contribution < -0.4 is 15.4 Å². The predicted octanol–water partition coefficient (Wildman–Crippen LogP) is 6.62. The van der Waals surface area contributed by atoms with Crippen molar-refractivity contribution in [2.24, 2.45) is 0 Å². The maximum atomic E-state index is 12.9. The van der Waals surface area contributed by atoms with E-state index in [-0.39, 0.29) is 5.91 Å². The van der Waals surface area contributed by atoms with Gasteiger partial charge in [-0.3, -0.25) is 4.79 Å². The van der Waals surface area contributed by atoms with Crippen LogP contribution in [-0.2, 0) is 4.79 Å². The summed E-state index contributed by atoms with van der Waals surface area (Å²) in [6, 6.07) is 19.6. The summed E-state index contributed by atoms with van der Waals surface area (Å²) < 4.78 is 12.2. The zero-order chi connectivity index (χ0) is 23.7. The van der Waals surface area contributed by atoms with E-state index in [1.807, 2.05) is 68.4 Å². The lowest BCUT2D eigenvalue weighted by atomic mass is 10.1. The van der Waals surface area contributed by atoms with Gasteiger partial charge in [0.1, 0.15) is 16.9 Å². The van der Waals surface area contributed by atoms with E-state index in [1.54, 1.807) is 13.2 Å². The second-order valence-electron chi connectivity index (χ2n) is 7.76. The normalized spacial score (nSPS) is 12.1. The minimum atomic E-state index is -0.392. The predicted molar refractivity (Wildman–Crippen MR) is 139 cm³/mol. The van der Waals surface area contributed by atoms with Crippen LogP contribution in [0.25, 0.3) is 21.9 Å². The zero-order valence-electron chi connectivity index (χ0n) is 18.8. The summed E-state index contributed by atoms with van der Waals surface area (Å²) in [5.41, 5.74) is 4.17. The lowest BCUT2D eigenvalue weighted by Crippen LogP contribution is -2.22. The van der Waals surface area contributed by atoms with Gasteiger partial charge in [0.2, 0.25) is 11.0 Å². The van der Waals surface area contributed by atoms with E-state index in [0.717, 1.165) is 22.0 Å². The number of rotatable bonds is 7. The Morgan fingerprint density at radius 3 is 2.65 bits per heavy atom.